The monoisotopic (exact) mass is 334 g/mol. The lowest BCUT2D eigenvalue weighted by Gasteiger charge is -2.17. The Labute approximate surface area is 138 Å². The molecule has 0 aliphatic rings. The van der Waals surface area contributed by atoms with Crippen molar-refractivity contribution in [1.82, 2.24) is 10.6 Å². The van der Waals surface area contributed by atoms with Crippen molar-refractivity contribution in [1.29, 1.82) is 0 Å². The van der Waals surface area contributed by atoms with Gasteiger partial charge in [-0.05, 0) is 6.42 Å². The molecular weight excluding hydrogens is 304 g/mol. The molecule has 0 unspecified atom stereocenters. The smallest absolute Gasteiger partial charge is 0.406 e. The van der Waals surface area contributed by atoms with Crippen LogP contribution in [0.3, 0.4) is 0 Å². The van der Waals surface area contributed by atoms with Crippen LogP contribution in [0.5, 0.6) is 0 Å². The van der Waals surface area contributed by atoms with E-state index in [0.717, 1.165) is 0 Å². The summed E-state index contributed by atoms with van der Waals surface area (Å²) in [4.78, 5) is 33.2. The van der Waals surface area contributed by atoms with Crippen LogP contribution >= 0.6 is 0 Å². The Kier molecular flexibility index (Phi) is 16.9. The third kappa shape index (κ3) is 14.9. The molecule has 0 rings (SSSR count). The van der Waals surface area contributed by atoms with E-state index in [2.05, 4.69) is 10.6 Å². The van der Waals surface area contributed by atoms with E-state index in [-0.39, 0.29) is 19.0 Å². The number of alkyl carbamates (subject to hydrolysis) is 2. The molecule has 0 atom stereocenters. The normalized spacial score (nSPS) is 9.48. The maximum absolute atomic E-state index is 11.2. The molecule has 0 aromatic heterocycles. The number of carbonyl (C=O) groups excluding carboxylic acids is 3. The van der Waals surface area contributed by atoms with Crippen LogP contribution in [0.15, 0.2) is 0 Å². The van der Waals surface area contributed by atoms with Gasteiger partial charge in [0, 0.05) is 33.5 Å². The number of Topliss-reactive ketones (excluding diaryl/α,β-unsaturated/α-hetero) is 1. The van der Waals surface area contributed by atoms with E-state index in [4.69, 9.17) is 14.2 Å². The van der Waals surface area contributed by atoms with E-state index in [1.807, 2.05) is 13.8 Å². The molecule has 0 aromatic rings. The van der Waals surface area contributed by atoms with Gasteiger partial charge in [0.1, 0.15) is 25.1 Å². The average Bonchev–Trinajstić information content (AvgIpc) is 2.60. The molecule has 2 N–H and O–H groups in total. The molecule has 0 heterocycles. The minimum atomic E-state index is -0.593. The van der Waals surface area contributed by atoms with Gasteiger partial charge in [0.15, 0.2) is 0 Å². The number of rotatable bonds is 10. The van der Waals surface area contributed by atoms with Gasteiger partial charge in [-0.15, -0.1) is 0 Å². The van der Waals surface area contributed by atoms with Crippen LogP contribution in [-0.4, -0.2) is 58.0 Å². The molecule has 0 spiro atoms. The van der Waals surface area contributed by atoms with Gasteiger partial charge in [0.25, 0.3) is 0 Å². The summed E-state index contributed by atoms with van der Waals surface area (Å²) < 4.78 is 15.2. The second-order valence-corrected chi connectivity index (χ2v) is 4.19. The van der Waals surface area contributed by atoms with Crippen LogP contribution in [0.25, 0.3) is 0 Å². The molecule has 0 fully saturated rings. The second-order valence-electron chi connectivity index (χ2n) is 4.19. The summed E-state index contributed by atoms with van der Waals surface area (Å²) >= 11 is 0. The van der Waals surface area contributed by atoms with Crippen molar-refractivity contribution in [3.8, 4) is 0 Å². The summed E-state index contributed by atoms with van der Waals surface area (Å²) in [5, 5.41) is 4.61. The number of hydrogen-bond donors (Lipinski definition) is 2. The number of amides is 2. The quantitative estimate of drug-likeness (QED) is 0.591. The van der Waals surface area contributed by atoms with Gasteiger partial charge in [-0.1, -0.05) is 20.8 Å². The zero-order valence-corrected chi connectivity index (χ0v) is 14.8. The first kappa shape index (κ1) is 23.4. The van der Waals surface area contributed by atoms with Crippen LogP contribution < -0.4 is 10.6 Å². The SMILES string of the molecule is CC.CCC(=O)CCCOC(COC(=O)NC)COC(=O)NC. The van der Waals surface area contributed by atoms with Crippen LogP contribution in [-0.2, 0) is 19.0 Å². The minimum Gasteiger partial charge on any atom is -0.447 e. The van der Waals surface area contributed by atoms with Gasteiger partial charge in [0.2, 0.25) is 0 Å². The highest BCUT2D eigenvalue weighted by Crippen LogP contribution is 2.01. The lowest BCUT2D eigenvalue weighted by Crippen LogP contribution is -2.33. The molecule has 0 bridgehead atoms. The van der Waals surface area contributed by atoms with Crippen molar-refractivity contribution in [3.63, 3.8) is 0 Å². The predicted octanol–water partition coefficient (Wildman–Crippen LogP) is 1.87. The van der Waals surface area contributed by atoms with Gasteiger partial charge in [-0.3, -0.25) is 4.79 Å². The number of ether oxygens (including phenoxy) is 3. The van der Waals surface area contributed by atoms with Crippen molar-refractivity contribution >= 4 is 18.0 Å². The summed E-state index contributed by atoms with van der Waals surface area (Å²) in [5.74, 6) is 0.165. The predicted molar refractivity (Wildman–Crippen MR) is 86.4 cm³/mol. The van der Waals surface area contributed by atoms with Gasteiger partial charge < -0.3 is 24.8 Å². The Morgan fingerprint density at radius 3 is 1.83 bits per heavy atom. The second kappa shape index (κ2) is 16.5. The van der Waals surface area contributed by atoms with Gasteiger partial charge in [-0.2, -0.15) is 0 Å². The van der Waals surface area contributed by atoms with E-state index in [1.165, 1.54) is 14.1 Å². The maximum Gasteiger partial charge on any atom is 0.406 e. The molecule has 0 saturated heterocycles. The summed E-state index contributed by atoms with van der Waals surface area (Å²) in [6, 6.07) is 0. The molecule has 2 amide bonds. The molecule has 0 saturated carbocycles. The standard InChI is InChI=1S/C13H24N2O6.C2H6/c1-4-10(16)6-5-7-19-11(8-20-12(17)14-2)9-21-13(18)15-3;1-2/h11H,4-9H2,1-3H3,(H,14,17)(H,15,18);1-2H3. The fourth-order valence-corrected chi connectivity index (χ4v) is 1.32. The fourth-order valence-electron chi connectivity index (χ4n) is 1.32. The van der Waals surface area contributed by atoms with Crippen molar-refractivity contribution in [2.75, 3.05) is 33.9 Å². The average molecular weight is 334 g/mol. The topological polar surface area (TPSA) is 103 Å². The molecule has 8 heteroatoms. The van der Waals surface area contributed by atoms with Gasteiger partial charge in [-0.25, -0.2) is 9.59 Å². The lowest BCUT2D eigenvalue weighted by molar-refractivity contribution is -0.119. The maximum atomic E-state index is 11.2. The third-order valence-electron chi connectivity index (χ3n) is 2.56. The van der Waals surface area contributed by atoms with E-state index in [9.17, 15) is 14.4 Å². The first-order chi connectivity index (χ1) is 11.0. The van der Waals surface area contributed by atoms with E-state index >= 15 is 0 Å². The zero-order chi connectivity index (χ0) is 18.1. The first-order valence-electron chi connectivity index (χ1n) is 7.85. The third-order valence-corrected chi connectivity index (χ3v) is 2.56. The first-order valence-corrected chi connectivity index (χ1v) is 7.85. The molecule has 8 nitrogen and oxygen atoms in total. The molecule has 0 radical (unpaired) electrons. The van der Waals surface area contributed by atoms with Crippen LogP contribution in [0.2, 0.25) is 0 Å². The van der Waals surface area contributed by atoms with Crippen molar-refractivity contribution in [2.45, 2.75) is 46.1 Å². The van der Waals surface area contributed by atoms with Crippen LogP contribution in [0.4, 0.5) is 9.59 Å². The van der Waals surface area contributed by atoms with Gasteiger partial charge >= 0.3 is 12.2 Å². The Bertz CT molecular complexity index is 316. The summed E-state index contributed by atoms with van der Waals surface area (Å²) in [6.45, 7) is 6.04. The van der Waals surface area contributed by atoms with Crippen molar-refractivity contribution < 1.29 is 28.6 Å². The Balaban J connectivity index is 0. The largest absolute Gasteiger partial charge is 0.447 e. The molecule has 0 aliphatic heterocycles. The van der Waals surface area contributed by atoms with E-state index in [0.29, 0.717) is 25.9 Å². The molecule has 0 aromatic carbocycles. The van der Waals surface area contributed by atoms with Crippen LogP contribution in [0, 0.1) is 0 Å². The van der Waals surface area contributed by atoms with Crippen LogP contribution in [0.1, 0.15) is 40.0 Å². The number of hydrogen-bond acceptors (Lipinski definition) is 6. The summed E-state index contributed by atoms with van der Waals surface area (Å²) in [7, 11) is 2.88. The summed E-state index contributed by atoms with van der Waals surface area (Å²) in [5.41, 5.74) is 0. The van der Waals surface area contributed by atoms with Crippen molar-refractivity contribution in [3.05, 3.63) is 0 Å². The highest BCUT2D eigenvalue weighted by atomic mass is 16.6. The Hall–Kier alpha value is -1.83. The lowest BCUT2D eigenvalue weighted by atomic mass is 10.2. The Morgan fingerprint density at radius 2 is 1.43 bits per heavy atom. The summed E-state index contributed by atoms with van der Waals surface area (Å²) in [6.07, 6.45) is -0.243. The fraction of sp³-hybridized carbons (Fsp3) is 0.800. The van der Waals surface area contributed by atoms with E-state index in [1.54, 1.807) is 6.92 Å². The molecular formula is C15H30N2O6. The minimum absolute atomic E-state index is 0.0433. The number of nitrogens with one attached hydrogen (secondary N) is 2. The van der Waals surface area contributed by atoms with Gasteiger partial charge in [0.05, 0.1) is 0 Å². The highest BCUT2D eigenvalue weighted by Gasteiger charge is 2.15. The molecule has 136 valence electrons. The zero-order valence-electron chi connectivity index (χ0n) is 14.8. The highest BCUT2D eigenvalue weighted by molar-refractivity contribution is 5.77. The molecule has 23 heavy (non-hydrogen) atoms. The Morgan fingerprint density at radius 1 is 0.957 bits per heavy atom. The van der Waals surface area contributed by atoms with E-state index < -0.39 is 18.3 Å². The van der Waals surface area contributed by atoms with Crippen molar-refractivity contribution in [2.24, 2.45) is 0 Å². The number of ketones is 1. The number of carbonyl (C=O) groups is 3. The molecule has 0 aliphatic carbocycles.